The van der Waals surface area contributed by atoms with E-state index in [1.807, 2.05) is 26.0 Å². The summed E-state index contributed by atoms with van der Waals surface area (Å²) in [6.07, 6.45) is 0. The molecule has 0 saturated heterocycles. The van der Waals surface area contributed by atoms with E-state index < -0.39 is 0 Å². The predicted octanol–water partition coefficient (Wildman–Crippen LogP) is 3.74. The van der Waals surface area contributed by atoms with E-state index >= 15 is 0 Å². The molecule has 0 radical (unpaired) electrons. The fourth-order valence-corrected chi connectivity index (χ4v) is 1.92. The summed E-state index contributed by atoms with van der Waals surface area (Å²) < 4.78 is 11.2. The molecule has 4 heteroatoms. The monoisotopic (exact) mass is 299 g/mol. The van der Waals surface area contributed by atoms with E-state index in [4.69, 9.17) is 21.1 Å². The zero-order valence-corrected chi connectivity index (χ0v) is 13.9. The fraction of sp³-hybridized carbons (Fsp3) is 0.625. The Morgan fingerprint density at radius 1 is 1.05 bits per heavy atom. The number of hydrogen-bond donors (Lipinski definition) is 1. The molecule has 0 fully saturated rings. The minimum Gasteiger partial charge on any atom is -0.491 e. The van der Waals surface area contributed by atoms with Crippen LogP contribution in [0.5, 0.6) is 5.75 Å². The lowest BCUT2D eigenvalue weighted by molar-refractivity contribution is 0.0984. The maximum Gasteiger partial charge on any atom is 0.120 e. The van der Waals surface area contributed by atoms with Crippen molar-refractivity contribution in [3.05, 3.63) is 28.3 Å². The lowest BCUT2D eigenvalue weighted by atomic mass is 10.1. The number of hydrogen-bond acceptors (Lipinski definition) is 3. The standard InChI is InChI=1S/C16H26ClNO2/c1-12-10-14(11-13(2)15(12)17)20-9-8-19-7-6-18-16(3,4)5/h10-11,18H,6-9H2,1-5H3. The largest absolute Gasteiger partial charge is 0.491 e. The molecule has 1 rings (SSSR count). The zero-order chi connectivity index (χ0) is 15.2. The Kier molecular flexibility index (Phi) is 6.80. The summed E-state index contributed by atoms with van der Waals surface area (Å²) in [5.41, 5.74) is 2.21. The van der Waals surface area contributed by atoms with Gasteiger partial charge in [-0.05, 0) is 57.9 Å². The summed E-state index contributed by atoms with van der Waals surface area (Å²) in [6.45, 7) is 13.1. The van der Waals surface area contributed by atoms with E-state index in [0.29, 0.717) is 19.8 Å². The summed E-state index contributed by atoms with van der Waals surface area (Å²) in [5, 5.41) is 4.18. The van der Waals surface area contributed by atoms with Crippen LogP contribution in [0.3, 0.4) is 0 Å². The first kappa shape index (κ1) is 17.3. The van der Waals surface area contributed by atoms with Crippen LogP contribution in [0.1, 0.15) is 31.9 Å². The van der Waals surface area contributed by atoms with Crippen molar-refractivity contribution in [1.82, 2.24) is 5.32 Å². The minimum absolute atomic E-state index is 0.137. The first-order chi connectivity index (χ1) is 9.29. The first-order valence-corrected chi connectivity index (χ1v) is 7.40. The molecule has 0 amide bonds. The van der Waals surface area contributed by atoms with Gasteiger partial charge in [-0.2, -0.15) is 0 Å². The summed E-state index contributed by atoms with van der Waals surface area (Å²) in [4.78, 5) is 0. The summed E-state index contributed by atoms with van der Waals surface area (Å²) in [7, 11) is 0. The average Bonchev–Trinajstić information content (AvgIpc) is 2.33. The van der Waals surface area contributed by atoms with E-state index in [2.05, 4.69) is 26.1 Å². The van der Waals surface area contributed by atoms with Gasteiger partial charge in [0.25, 0.3) is 0 Å². The first-order valence-electron chi connectivity index (χ1n) is 7.02. The highest BCUT2D eigenvalue weighted by Crippen LogP contribution is 2.25. The Labute approximate surface area is 127 Å². The molecule has 20 heavy (non-hydrogen) atoms. The molecular formula is C16H26ClNO2. The normalized spacial score (nSPS) is 11.7. The smallest absolute Gasteiger partial charge is 0.120 e. The van der Waals surface area contributed by atoms with Crippen LogP contribution in [0.15, 0.2) is 12.1 Å². The SMILES string of the molecule is Cc1cc(OCCOCCNC(C)(C)C)cc(C)c1Cl. The highest BCUT2D eigenvalue weighted by Gasteiger charge is 2.07. The van der Waals surface area contributed by atoms with Gasteiger partial charge in [-0.15, -0.1) is 0 Å². The third-order valence-electron chi connectivity index (χ3n) is 2.81. The van der Waals surface area contributed by atoms with Crippen LogP contribution in [-0.2, 0) is 4.74 Å². The highest BCUT2D eigenvalue weighted by molar-refractivity contribution is 6.32. The second kappa shape index (κ2) is 7.87. The molecule has 1 aromatic carbocycles. The van der Waals surface area contributed by atoms with Crippen molar-refractivity contribution >= 4 is 11.6 Å². The van der Waals surface area contributed by atoms with Crippen molar-refractivity contribution in [3.63, 3.8) is 0 Å². The van der Waals surface area contributed by atoms with E-state index in [9.17, 15) is 0 Å². The van der Waals surface area contributed by atoms with Crippen molar-refractivity contribution in [2.75, 3.05) is 26.4 Å². The van der Waals surface area contributed by atoms with Crippen LogP contribution >= 0.6 is 11.6 Å². The molecule has 0 saturated carbocycles. The quantitative estimate of drug-likeness (QED) is 0.778. The molecule has 0 unspecified atom stereocenters. The van der Waals surface area contributed by atoms with Gasteiger partial charge in [-0.3, -0.25) is 0 Å². The topological polar surface area (TPSA) is 30.5 Å². The van der Waals surface area contributed by atoms with Crippen LogP contribution in [0.4, 0.5) is 0 Å². The Balaban J connectivity index is 2.19. The van der Waals surface area contributed by atoms with E-state index in [1.165, 1.54) is 0 Å². The van der Waals surface area contributed by atoms with Gasteiger partial charge >= 0.3 is 0 Å². The van der Waals surface area contributed by atoms with Crippen LogP contribution in [-0.4, -0.2) is 31.9 Å². The Bertz CT molecular complexity index is 404. The van der Waals surface area contributed by atoms with Crippen molar-refractivity contribution in [2.45, 2.75) is 40.2 Å². The molecule has 114 valence electrons. The molecule has 0 aliphatic carbocycles. The molecule has 0 atom stereocenters. The van der Waals surface area contributed by atoms with Gasteiger partial charge in [0.1, 0.15) is 12.4 Å². The van der Waals surface area contributed by atoms with Gasteiger partial charge in [0.15, 0.2) is 0 Å². The average molecular weight is 300 g/mol. The molecule has 0 spiro atoms. The van der Waals surface area contributed by atoms with Crippen molar-refractivity contribution in [1.29, 1.82) is 0 Å². The second-order valence-electron chi connectivity index (χ2n) is 6.01. The van der Waals surface area contributed by atoms with Gasteiger partial charge < -0.3 is 14.8 Å². The molecule has 0 aliphatic heterocycles. The van der Waals surface area contributed by atoms with E-state index in [-0.39, 0.29) is 5.54 Å². The lowest BCUT2D eigenvalue weighted by Crippen LogP contribution is -2.38. The Morgan fingerprint density at radius 2 is 1.65 bits per heavy atom. The molecule has 1 N–H and O–H groups in total. The number of halogens is 1. The molecule has 3 nitrogen and oxygen atoms in total. The van der Waals surface area contributed by atoms with Crippen molar-refractivity contribution < 1.29 is 9.47 Å². The zero-order valence-electron chi connectivity index (χ0n) is 13.2. The maximum atomic E-state index is 6.12. The van der Waals surface area contributed by atoms with Gasteiger partial charge in [0.05, 0.1) is 13.2 Å². The number of ether oxygens (including phenoxy) is 2. The van der Waals surface area contributed by atoms with Crippen molar-refractivity contribution in [2.24, 2.45) is 0 Å². The maximum absolute atomic E-state index is 6.12. The molecule has 1 aromatic rings. The summed E-state index contributed by atoms with van der Waals surface area (Å²) in [6, 6.07) is 3.91. The molecule has 0 heterocycles. The van der Waals surface area contributed by atoms with Crippen LogP contribution < -0.4 is 10.1 Å². The van der Waals surface area contributed by atoms with Gasteiger partial charge in [0, 0.05) is 17.1 Å². The predicted molar refractivity (Wildman–Crippen MR) is 85.0 cm³/mol. The number of benzene rings is 1. The van der Waals surface area contributed by atoms with Gasteiger partial charge in [0.2, 0.25) is 0 Å². The van der Waals surface area contributed by atoms with Crippen molar-refractivity contribution in [3.8, 4) is 5.75 Å². The van der Waals surface area contributed by atoms with Gasteiger partial charge in [-0.25, -0.2) is 0 Å². The third kappa shape index (κ3) is 6.60. The molecule has 0 aliphatic rings. The van der Waals surface area contributed by atoms with E-state index in [0.717, 1.165) is 28.4 Å². The number of rotatable bonds is 7. The Hall–Kier alpha value is -0.770. The third-order valence-corrected chi connectivity index (χ3v) is 3.40. The number of nitrogens with one attached hydrogen (secondary N) is 1. The second-order valence-corrected chi connectivity index (χ2v) is 6.39. The van der Waals surface area contributed by atoms with Crippen LogP contribution in [0.25, 0.3) is 0 Å². The van der Waals surface area contributed by atoms with E-state index in [1.54, 1.807) is 0 Å². The minimum atomic E-state index is 0.137. The molecule has 0 aromatic heterocycles. The van der Waals surface area contributed by atoms with Crippen LogP contribution in [0.2, 0.25) is 5.02 Å². The molecular weight excluding hydrogens is 274 g/mol. The summed E-state index contributed by atoms with van der Waals surface area (Å²) in [5.74, 6) is 0.848. The Morgan fingerprint density at radius 3 is 2.20 bits per heavy atom. The van der Waals surface area contributed by atoms with Crippen LogP contribution in [0, 0.1) is 13.8 Å². The van der Waals surface area contributed by atoms with Gasteiger partial charge in [-0.1, -0.05) is 11.6 Å². The lowest BCUT2D eigenvalue weighted by Gasteiger charge is -2.20. The molecule has 0 bridgehead atoms. The highest BCUT2D eigenvalue weighted by atomic mass is 35.5. The number of aryl methyl sites for hydroxylation is 2. The summed E-state index contributed by atoms with van der Waals surface area (Å²) >= 11 is 6.12. The fourth-order valence-electron chi connectivity index (χ4n) is 1.81.